The predicted octanol–water partition coefficient (Wildman–Crippen LogP) is 4.03. The van der Waals surface area contributed by atoms with Crippen molar-refractivity contribution in [3.63, 3.8) is 0 Å². The molecule has 0 N–H and O–H groups in total. The maximum absolute atomic E-state index is 5.61. The highest BCUT2D eigenvalue weighted by atomic mass is 79.9. The summed E-state index contributed by atoms with van der Waals surface area (Å²) in [6.07, 6.45) is 0. The molecular formula is C12H16Br2O3. The Labute approximate surface area is 119 Å². The minimum absolute atomic E-state index is 0.527. The Kier molecular flexibility index (Phi) is 6.92. The second-order valence-electron chi connectivity index (χ2n) is 3.19. The van der Waals surface area contributed by atoms with Crippen molar-refractivity contribution in [1.82, 2.24) is 0 Å². The van der Waals surface area contributed by atoms with Crippen molar-refractivity contribution < 1.29 is 14.2 Å². The molecule has 0 aliphatic rings. The first-order valence-corrected chi connectivity index (χ1v) is 7.10. The zero-order chi connectivity index (χ0) is 12.7. The molecule has 17 heavy (non-hydrogen) atoms. The highest BCUT2D eigenvalue weighted by Crippen LogP contribution is 2.36. The van der Waals surface area contributed by atoms with Crippen LogP contribution in [0.2, 0.25) is 0 Å². The molecular weight excluding hydrogens is 352 g/mol. The van der Waals surface area contributed by atoms with E-state index in [9.17, 15) is 0 Å². The molecule has 1 aromatic carbocycles. The van der Waals surface area contributed by atoms with Crippen LogP contribution in [-0.4, -0.2) is 26.4 Å². The third-order valence-electron chi connectivity index (χ3n) is 1.98. The number of hydrogen-bond donors (Lipinski definition) is 0. The van der Waals surface area contributed by atoms with Crippen LogP contribution in [0.4, 0.5) is 0 Å². The highest BCUT2D eigenvalue weighted by Gasteiger charge is 2.08. The van der Waals surface area contributed by atoms with E-state index in [4.69, 9.17) is 14.2 Å². The van der Waals surface area contributed by atoms with Gasteiger partial charge in [-0.05, 0) is 51.8 Å². The Morgan fingerprint density at radius 2 is 1.53 bits per heavy atom. The van der Waals surface area contributed by atoms with Crippen LogP contribution in [0.15, 0.2) is 21.1 Å². The number of halogens is 2. The molecule has 1 rings (SSSR count). The van der Waals surface area contributed by atoms with Gasteiger partial charge in [-0.2, -0.15) is 0 Å². The molecule has 0 aliphatic carbocycles. The van der Waals surface area contributed by atoms with Gasteiger partial charge < -0.3 is 14.2 Å². The molecule has 0 amide bonds. The van der Waals surface area contributed by atoms with Crippen LogP contribution in [-0.2, 0) is 4.74 Å². The number of benzene rings is 1. The summed E-state index contributed by atoms with van der Waals surface area (Å²) < 4.78 is 18.1. The zero-order valence-electron chi connectivity index (χ0n) is 9.96. The lowest BCUT2D eigenvalue weighted by Crippen LogP contribution is -2.07. The summed E-state index contributed by atoms with van der Waals surface area (Å²) in [5.41, 5.74) is 0. The first-order chi connectivity index (χ1) is 8.19. The van der Waals surface area contributed by atoms with Crippen LogP contribution in [0.25, 0.3) is 0 Å². The molecule has 0 saturated carbocycles. The summed E-state index contributed by atoms with van der Waals surface area (Å²) in [5, 5.41) is 0. The Bertz CT molecular complexity index is 356. The summed E-state index contributed by atoms with van der Waals surface area (Å²) >= 11 is 6.89. The third-order valence-corrected chi connectivity index (χ3v) is 3.22. The largest absolute Gasteiger partial charge is 0.493 e. The van der Waals surface area contributed by atoms with Crippen molar-refractivity contribution in [2.45, 2.75) is 13.8 Å². The number of rotatable bonds is 7. The molecule has 0 unspecified atom stereocenters. The van der Waals surface area contributed by atoms with Crippen LogP contribution in [0, 0.1) is 0 Å². The fourth-order valence-electron chi connectivity index (χ4n) is 1.24. The average Bonchev–Trinajstić information content (AvgIpc) is 2.30. The molecule has 0 spiro atoms. The van der Waals surface area contributed by atoms with E-state index in [0.29, 0.717) is 26.4 Å². The van der Waals surface area contributed by atoms with Gasteiger partial charge in [0, 0.05) is 12.7 Å². The van der Waals surface area contributed by atoms with Gasteiger partial charge in [0.05, 0.1) is 22.2 Å². The van der Waals surface area contributed by atoms with E-state index >= 15 is 0 Å². The average molecular weight is 368 g/mol. The summed E-state index contributed by atoms with van der Waals surface area (Å²) in [5.74, 6) is 1.54. The smallest absolute Gasteiger partial charge is 0.137 e. The van der Waals surface area contributed by atoms with E-state index in [0.717, 1.165) is 20.4 Å². The fourth-order valence-corrected chi connectivity index (χ4v) is 2.46. The molecule has 0 atom stereocenters. The Hall–Kier alpha value is -0.260. The molecule has 0 bridgehead atoms. The van der Waals surface area contributed by atoms with E-state index in [1.807, 2.05) is 26.0 Å². The normalized spacial score (nSPS) is 10.4. The van der Waals surface area contributed by atoms with E-state index in [-0.39, 0.29) is 0 Å². The predicted molar refractivity (Wildman–Crippen MR) is 75.0 cm³/mol. The first kappa shape index (κ1) is 14.8. The molecule has 0 aliphatic heterocycles. The molecule has 96 valence electrons. The van der Waals surface area contributed by atoms with Crippen molar-refractivity contribution in [1.29, 1.82) is 0 Å². The minimum atomic E-state index is 0.527. The highest BCUT2D eigenvalue weighted by molar-refractivity contribution is 9.11. The molecule has 1 aromatic rings. The quantitative estimate of drug-likeness (QED) is 0.681. The fraction of sp³-hybridized carbons (Fsp3) is 0.500. The minimum Gasteiger partial charge on any atom is -0.493 e. The van der Waals surface area contributed by atoms with Crippen molar-refractivity contribution in [3.05, 3.63) is 21.1 Å². The molecule has 0 fully saturated rings. The number of hydrogen-bond acceptors (Lipinski definition) is 3. The Morgan fingerprint density at radius 3 is 2.12 bits per heavy atom. The maximum atomic E-state index is 5.61. The molecule has 3 nitrogen and oxygen atoms in total. The van der Waals surface area contributed by atoms with E-state index < -0.39 is 0 Å². The van der Waals surface area contributed by atoms with Crippen molar-refractivity contribution in [2.24, 2.45) is 0 Å². The molecule has 0 aromatic heterocycles. The van der Waals surface area contributed by atoms with Gasteiger partial charge in [-0.25, -0.2) is 0 Å². The van der Waals surface area contributed by atoms with Gasteiger partial charge in [0.1, 0.15) is 18.1 Å². The molecule has 0 radical (unpaired) electrons. The monoisotopic (exact) mass is 366 g/mol. The topological polar surface area (TPSA) is 27.7 Å². The summed E-state index contributed by atoms with van der Waals surface area (Å²) in [4.78, 5) is 0. The van der Waals surface area contributed by atoms with Crippen LogP contribution in [0.3, 0.4) is 0 Å². The van der Waals surface area contributed by atoms with Crippen molar-refractivity contribution in [2.75, 3.05) is 26.4 Å². The number of ether oxygens (including phenoxy) is 3. The zero-order valence-corrected chi connectivity index (χ0v) is 13.1. The molecule has 0 saturated heterocycles. The van der Waals surface area contributed by atoms with Gasteiger partial charge in [-0.3, -0.25) is 0 Å². The Balaban J connectivity index is 2.66. The maximum Gasteiger partial charge on any atom is 0.137 e. The van der Waals surface area contributed by atoms with Crippen molar-refractivity contribution >= 4 is 31.9 Å². The Morgan fingerprint density at radius 1 is 0.882 bits per heavy atom. The summed E-state index contributed by atoms with van der Waals surface area (Å²) in [7, 11) is 0. The lowest BCUT2D eigenvalue weighted by Gasteiger charge is -2.12. The van der Waals surface area contributed by atoms with Crippen LogP contribution in [0.1, 0.15) is 13.8 Å². The van der Waals surface area contributed by atoms with Gasteiger partial charge in [0.25, 0.3) is 0 Å². The van der Waals surface area contributed by atoms with Gasteiger partial charge in [0.2, 0.25) is 0 Å². The van der Waals surface area contributed by atoms with Crippen molar-refractivity contribution in [3.8, 4) is 11.5 Å². The molecule has 0 heterocycles. The second-order valence-corrected chi connectivity index (χ2v) is 4.90. The van der Waals surface area contributed by atoms with E-state index in [2.05, 4.69) is 31.9 Å². The standard InChI is InChI=1S/C12H16Br2O3/c1-3-15-5-6-17-12-8-11(16-4-2)9(13)7-10(12)14/h7-8H,3-6H2,1-2H3. The third kappa shape index (κ3) is 4.85. The lowest BCUT2D eigenvalue weighted by molar-refractivity contribution is 0.110. The van der Waals surface area contributed by atoms with Gasteiger partial charge in [-0.15, -0.1) is 0 Å². The summed E-state index contributed by atoms with van der Waals surface area (Å²) in [6.45, 7) is 6.35. The lowest BCUT2D eigenvalue weighted by atomic mass is 10.3. The first-order valence-electron chi connectivity index (χ1n) is 5.51. The van der Waals surface area contributed by atoms with E-state index in [1.165, 1.54) is 0 Å². The molecule has 5 heteroatoms. The van der Waals surface area contributed by atoms with Crippen LogP contribution < -0.4 is 9.47 Å². The van der Waals surface area contributed by atoms with E-state index in [1.54, 1.807) is 0 Å². The SMILES string of the molecule is CCOCCOc1cc(OCC)c(Br)cc1Br. The second kappa shape index (κ2) is 7.95. The van der Waals surface area contributed by atoms with Gasteiger partial charge >= 0.3 is 0 Å². The van der Waals surface area contributed by atoms with Crippen LogP contribution in [0.5, 0.6) is 11.5 Å². The summed E-state index contributed by atoms with van der Waals surface area (Å²) in [6, 6.07) is 3.78. The van der Waals surface area contributed by atoms with Gasteiger partial charge in [-0.1, -0.05) is 0 Å². The van der Waals surface area contributed by atoms with Gasteiger partial charge in [0.15, 0.2) is 0 Å². The van der Waals surface area contributed by atoms with Crippen LogP contribution >= 0.6 is 31.9 Å².